The van der Waals surface area contributed by atoms with Crippen molar-refractivity contribution in [2.45, 2.75) is 32.9 Å². The van der Waals surface area contributed by atoms with Gasteiger partial charge in [-0.3, -0.25) is 9.79 Å². The van der Waals surface area contributed by atoms with Gasteiger partial charge >= 0.3 is 0 Å². The Balaban J connectivity index is 0.00000484. The molecule has 23 heavy (non-hydrogen) atoms. The van der Waals surface area contributed by atoms with Gasteiger partial charge in [0.05, 0.1) is 6.54 Å². The Morgan fingerprint density at radius 2 is 1.83 bits per heavy atom. The molecule has 1 aromatic rings. The number of carbonyl (C=O) groups is 1. The second-order valence-electron chi connectivity index (χ2n) is 5.83. The molecule has 0 saturated carbocycles. The predicted molar refractivity (Wildman–Crippen MR) is 97.9 cm³/mol. The summed E-state index contributed by atoms with van der Waals surface area (Å²) in [6.07, 6.45) is 0. The largest absolute Gasteiger partial charge is 0.352 e. The van der Waals surface area contributed by atoms with E-state index < -0.39 is 11.6 Å². The summed E-state index contributed by atoms with van der Waals surface area (Å²) in [5.41, 5.74) is 0.266. The van der Waals surface area contributed by atoms with Crippen LogP contribution in [0.5, 0.6) is 0 Å². The number of carbonyl (C=O) groups excluding carboxylic acids is 1. The SMILES string of the molecule is CN=C(NCC(=O)NC(C)(C)C)NCc1ccc(F)c(F)c1.I. The van der Waals surface area contributed by atoms with Crippen LogP contribution in [0.1, 0.15) is 26.3 Å². The summed E-state index contributed by atoms with van der Waals surface area (Å²) in [4.78, 5) is 15.6. The van der Waals surface area contributed by atoms with Crippen LogP contribution in [0, 0.1) is 11.6 Å². The number of benzene rings is 1. The van der Waals surface area contributed by atoms with E-state index in [9.17, 15) is 13.6 Å². The molecule has 0 saturated heterocycles. The molecule has 0 aliphatic carbocycles. The maximum Gasteiger partial charge on any atom is 0.239 e. The van der Waals surface area contributed by atoms with E-state index in [2.05, 4.69) is 20.9 Å². The van der Waals surface area contributed by atoms with Gasteiger partial charge in [0.25, 0.3) is 0 Å². The Labute approximate surface area is 152 Å². The van der Waals surface area contributed by atoms with Crippen LogP contribution in [0.3, 0.4) is 0 Å². The van der Waals surface area contributed by atoms with Crippen LogP contribution in [-0.4, -0.2) is 31.0 Å². The zero-order chi connectivity index (χ0) is 16.8. The van der Waals surface area contributed by atoms with E-state index in [0.717, 1.165) is 12.1 Å². The highest BCUT2D eigenvalue weighted by Gasteiger charge is 2.13. The number of aliphatic imine (C=N–C) groups is 1. The first kappa shape index (κ1) is 21.6. The lowest BCUT2D eigenvalue weighted by atomic mass is 10.1. The van der Waals surface area contributed by atoms with Crippen molar-refractivity contribution >= 4 is 35.8 Å². The highest BCUT2D eigenvalue weighted by Crippen LogP contribution is 2.08. The van der Waals surface area contributed by atoms with Gasteiger partial charge in [-0.25, -0.2) is 8.78 Å². The molecule has 0 spiro atoms. The third kappa shape index (κ3) is 8.68. The summed E-state index contributed by atoms with van der Waals surface area (Å²) < 4.78 is 25.9. The molecule has 0 radical (unpaired) electrons. The van der Waals surface area contributed by atoms with Crippen LogP contribution in [0.25, 0.3) is 0 Å². The molecule has 5 nitrogen and oxygen atoms in total. The number of nitrogens with zero attached hydrogens (tertiary/aromatic N) is 1. The first-order chi connectivity index (χ1) is 10.2. The average molecular weight is 440 g/mol. The fraction of sp³-hybridized carbons (Fsp3) is 0.467. The minimum absolute atomic E-state index is 0. The monoisotopic (exact) mass is 440 g/mol. The third-order valence-corrected chi connectivity index (χ3v) is 2.60. The molecule has 1 rings (SSSR count). The van der Waals surface area contributed by atoms with E-state index in [-0.39, 0.29) is 48.5 Å². The van der Waals surface area contributed by atoms with Crippen LogP contribution in [0.15, 0.2) is 23.2 Å². The second-order valence-corrected chi connectivity index (χ2v) is 5.83. The number of nitrogens with one attached hydrogen (secondary N) is 3. The van der Waals surface area contributed by atoms with Gasteiger partial charge < -0.3 is 16.0 Å². The highest BCUT2D eigenvalue weighted by atomic mass is 127. The molecule has 0 heterocycles. The molecular formula is C15H23F2IN4O. The van der Waals surface area contributed by atoms with E-state index in [4.69, 9.17) is 0 Å². The average Bonchev–Trinajstić information content (AvgIpc) is 2.41. The molecule has 0 unspecified atom stereocenters. The molecule has 1 amide bonds. The lowest BCUT2D eigenvalue weighted by Crippen LogP contribution is -2.48. The Morgan fingerprint density at radius 3 is 2.35 bits per heavy atom. The van der Waals surface area contributed by atoms with Crippen LogP contribution >= 0.6 is 24.0 Å². The van der Waals surface area contributed by atoms with Crippen LogP contribution in [0.2, 0.25) is 0 Å². The van der Waals surface area contributed by atoms with Gasteiger partial charge in [-0.2, -0.15) is 0 Å². The summed E-state index contributed by atoms with van der Waals surface area (Å²) in [6, 6.07) is 3.66. The molecule has 0 aliphatic heterocycles. The van der Waals surface area contributed by atoms with Gasteiger partial charge in [0, 0.05) is 19.1 Å². The number of rotatable bonds is 4. The maximum absolute atomic E-state index is 13.1. The number of halogens is 3. The van der Waals surface area contributed by atoms with Crippen molar-refractivity contribution in [3.05, 3.63) is 35.4 Å². The summed E-state index contributed by atoms with van der Waals surface area (Å²) in [5, 5.41) is 8.58. The molecule has 0 fully saturated rings. The smallest absolute Gasteiger partial charge is 0.239 e. The molecule has 3 N–H and O–H groups in total. The third-order valence-electron chi connectivity index (χ3n) is 2.60. The van der Waals surface area contributed by atoms with Crippen LogP contribution < -0.4 is 16.0 Å². The Bertz CT molecular complexity index is 559. The van der Waals surface area contributed by atoms with Gasteiger partial charge in [0.15, 0.2) is 17.6 Å². The van der Waals surface area contributed by atoms with Crippen molar-refractivity contribution in [1.82, 2.24) is 16.0 Å². The quantitative estimate of drug-likeness (QED) is 0.382. The molecule has 0 atom stereocenters. The molecule has 130 valence electrons. The highest BCUT2D eigenvalue weighted by molar-refractivity contribution is 14.0. The molecule has 0 aliphatic rings. The van der Waals surface area contributed by atoms with Crippen molar-refractivity contribution in [2.24, 2.45) is 4.99 Å². The van der Waals surface area contributed by atoms with E-state index in [1.807, 2.05) is 20.8 Å². The van der Waals surface area contributed by atoms with Crippen molar-refractivity contribution in [2.75, 3.05) is 13.6 Å². The van der Waals surface area contributed by atoms with Gasteiger partial charge in [-0.15, -0.1) is 24.0 Å². The molecule has 0 aromatic heterocycles. The Hall–Kier alpha value is -1.45. The summed E-state index contributed by atoms with van der Waals surface area (Å²) in [6.45, 7) is 6.00. The van der Waals surface area contributed by atoms with E-state index in [1.165, 1.54) is 6.07 Å². The fourth-order valence-corrected chi connectivity index (χ4v) is 1.68. The van der Waals surface area contributed by atoms with Crippen molar-refractivity contribution in [1.29, 1.82) is 0 Å². The second kappa shape index (κ2) is 9.64. The minimum atomic E-state index is -0.896. The topological polar surface area (TPSA) is 65.5 Å². The fourth-order valence-electron chi connectivity index (χ4n) is 1.68. The van der Waals surface area contributed by atoms with Gasteiger partial charge in [-0.1, -0.05) is 6.07 Å². The van der Waals surface area contributed by atoms with Crippen LogP contribution in [0.4, 0.5) is 8.78 Å². The van der Waals surface area contributed by atoms with Crippen molar-refractivity contribution in [3.8, 4) is 0 Å². The Kier molecular flexibility index (Phi) is 9.03. The Morgan fingerprint density at radius 1 is 1.17 bits per heavy atom. The first-order valence-corrected chi connectivity index (χ1v) is 6.91. The van der Waals surface area contributed by atoms with E-state index in [1.54, 1.807) is 7.05 Å². The lowest BCUT2D eigenvalue weighted by Gasteiger charge is -2.21. The molecule has 1 aromatic carbocycles. The number of amides is 1. The van der Waals surface area contributed by atoms with Crippen molar-refractivity contribution in [3.63, 3.8) is 0 Å². The summed E-state index contributed by atoms with van der Waals surface area (Å²) in [7, 11) is 1.56. The number of hydrogen-bond donors (Lipinski definition) is 3. The predicted octanol–water partition coefficient (Wildman–Crippen LogP) is 2.16. The van der Waals surface area contributed by atoms with Crippen molar-refractivity contribution < 1.29 is 13.6 Å². The maximum atomic E-state index is 13.1. The van der Waals surface area contributed by atoms with Gasteiger partial charge in [-0.05, 0) is 38.5 Å². The zero-order valence-electron chi connectivity index (χ0n) is 13.7. The van der Waals surface area contributed by atoms with Gasteiger partial charge in [0.1, 0.15) is 0 Å². The lowest BCUT2D eigenvalue weighted by molar-refractivity contribution is -0.121. The minimum Gasteiger partial charge on any atom is -0.352 e. The molecule has 0 bridgehead atoms. The summed E-state index contributed by atoms with van der Waals surface area (Å²) >= 11 is 0. The van der Waals surface area contributed by atoms with E-state index in [0.29, 0.717) is 11.5 Å². The zero-order valence-corrected chi connectivity index (χ0v) is 16.0. The molecular weight excluding hydrogens is 417 g/mol. The van der Waals surface area contributed by atoms with Gasteiger partial charge in [0.2, 0.25) is 5.91 Å². The van der Waals surface area contributed by atoms with Crippen LogP contribution in [-0.2, 0) is 11.3 Å². The molecule has 8 heteroatoms. The standard InChI is InChI=1S/C15H22F2N4O.HI/c1-15(2,3)21-13(22)9-20-14(18-4)19-8-10-5-6-11(16)12(17)7-10;/h5-7H,8-9H2,1-4H3,(H,21,22)(H2,18,19,20);1H. The summed E-state index contributed by atoms with van der Waals surface area (Å²) in [5.74, 6) is -1.55. The normalized spacial score (nSPS) is 11.5. The van der Waals surface area contributed by atoms with E-state index >= 15 is 0 Å². The number of guanidine groups is 1. The first-order valence-electron chi connectivity index (χ1n) is 6.91. The number of hydrogen-bond acceptors (Lipinski definition) is 2.